The molecule has 0 spiro atoms. The summed E-state index contributed by atoms with van der Waals surface area (Å²) < 4.78 is 19.4. The smallest absolute Gasteiger partial charge is 0.0704 e. The molecule has 3 aromatic carbocycles. The molecule has 2 heteroatoms. The van der Waals surface area contributed by atoms with E-state index in [1.165, 1.54) is 31.3 Å². The first kappa shape index (κ1) is 15.9. The molecule has 0 amide bonds. The van der Waals surface area contributed by atoms with Crippen LogP contribution in [0.1, 0.15) is 22.2 Å². The van der Waals surface area contributed by atoms with Crippen molar-refractivity contribution in [1.82, 2.24) is 4.98 Å². The van der Waals surface area contributed by atoms with E-state index in [-0.39, 0.29) is 5.92 Å². The maximum atomic E-state index is 8.44. The van der Waals surface area contributed by atoms with Gasteiger partial charge in [-0.05, 0) is 65.4 Å². The molecule has 0 aliphatic heterocycles. The van der Waals surface area contributed by atoms with Crippen molar-refractivity contribution in [2.45, 2.75) is 20.2 Å². The summed E-state index contributed by atoms with van der Waals surface area (Å²) in [4.78, 5) is 4.56. The van der Waals surface area contributed by atoms with Crippen LogP contribution in [0.25, 0.3) is 42.6 Å². The maximum Gasteiger partial charge on any atom is 0.0704 e. The van der Waals surface area contributed by atoms with Crippen molar-refractivity contribution < 1.29 is 2.74 Å². The summed E-state index contributed by atoms with van der Waals surface area (Å²) in [5, 5.41) is 2.46. The van der Waals surface area contributed by atoms with Crippen LogP contribution in [0.15, 0.2) is 85.1 Å². The number of pyridine rings is 1. The Morgan fingerprint density at radius 1 is 0.793 bits per heavy atom. The van der Waals surface area contributed by atoms with Crippen LogP contribution in [-0.2, 0) is 6.37 Å². The zero-order valence-electron chi connectivity index (χ0n) is 18.5. The van der Waals surface area contributed by atoms with Gasteiger partial charge in [-0.1, -0.05) is 56.3 Å². The van der Waals surface area contributed by atoms with Crippen LogP contribution in [0, 0.1) is 5.92 Å². The average Bonchev–Trinajstić information content (AvgIpc) is 3.16. The van der Waals surface area contributed by atoms with Gasteiger partial charge in [-0.15, -0.1) is 11.3 Å². The summed E-state index contributed by atoms with van der Waals surface area (Å²) in [6.07, 6.45) is 0.329. The molecule has 0 fully saturated rings. The Morgan fingerprint density at radius 2 is 1.48 bits per heavy atom. The standard InChI is InChI=1S/C27H23NS/c1-18(2)14-19-12-13-28-25(15-19)22-9-11-27-24(17-22)23-16-21(8-10-26(23)29-27)20-6-4-3-5-7-20/h3-13,15-18H,14H2,1-2H3/i14D2. The second-order valence-corrected chi connectivity index (χ2v) is 8.70. The molecule has 0 aliphatic rings. The van der Waals surface area contributed by atoms with Gasteiger partial charge in [0.1, 0.15) is 0 Å². The minimum Gasteiger partial charge on any atom is -0.256 e. The van der Waals surface area contributed by atoms with E-state index in [4.69, 9.17) is 2.74 Å². The lowest BCUT2D eigenvalue weighted by Crippen LogP contribution is -1.95. The molecule has 0 unspecified atom stereocenters. The minimum atomic E-state index is -1.39. The Morgan fingerprint density at radius 3 is 2.21 bits per heavy atom. The lowest BCUT2D eigenvalue weighted by atomic mass is 10.00. The van der Waals surface area contributed by atoms with Crippen LogP contribution in [-0.4, -0.2) is 4.98 Å². The van der Waals surface area contributed by atoms with Crippen molar-refractivity contribution in [3.63, 3.8) is 0 Å². The third-order valence-electron chi connectivity index (χ3n) is 5.09. The normalized spacial score (nSPS) is 13.1. The minimum absolute atomic E-state index is 0.109. The lowest BCUT2D eigenvalue weighted by molar-refractivity contribution is 0.647. The van der Waals surface area contributed by atoms with E-state index in [0.29, 0.717) is 5.56 Å². The third kappa shape index (κ3) is 3.56. The highest BCUT2D eigenvalue weighted by Gasteiger charge is 2.10. The zero-order chi connectivity index (χ0) is 21.6. The molecule has 2 aromatic heterocycles. The second kappa shape index (κ2) is 7.46. The number of nitrogens with zero attached hydrogens (tertiary/aromatic N) is 1. The molecule has 0 saturated heterocycles. The monoisotopic (exact) mass is 395 g/mol. The van der Waals surface area contributed by atoms with Gasteiger partial charge in [-0.25, -0.2) is 0 Å². The molecule has 2 heterocycles. The van der Waals surface area contributed by atoms with E-state index >= 15 is 0 Å². The number of rotatable bonds is 4. The Kier molecular flexibility index (Phi) is 4.09. The molecule has 1 nitrogen and oxygen atoms in total. The van der Waals surface area contributed by atoms with Gasteiger partial charge in [-0.2, -0.15) is 0 Å². The first-order chi connectivity index (χ1) is 14.9. The first-order valence-electron chi connectivity index (χ1n) is 10.9. The summed E-state index contributed by atoms with van der Waals surface area (Å²) in [5.41, 5.74) is 4.92. The van der Waals surface area contributed by atoms with Crippen LogP contribution >= 0.6 is 11.3 Å². The highest BCUT2D eigenvalue weighted by molar-refractivity contribution is 7.25. The van der Waals surface area contributed by atoms with Crippen molar-refractivity contribution in [3.8, 4) is 22.4 Å². The fraction of sp³-hybridized carbons (Fsp3) is 0.148. The summed E-state index contributed by atoms with van der Waals surface area (Å²) in [6, 6.07) is 27.2. The third-order valence-corrected chi connectivity index (χ3v) is 6.24. The van der Waals surface area contributed by atoms with E-state index in [1.807, 2.05) is 26.0 Å². The summed E-state index contributed by atoms with van der Waals surface area (Å²) >= 11 is 1.80. The van der Waals surface area contributed by atoms with E-state index in [2.05, 4.69) is 65.6 Å². The molecular formula is C27H23NS. The van der Waals surface area contributed by atoms with Crippen LogP contribution in [0.3, 0.4) is 0 Å². The van der Waals surface area contributed by atoms with Crippen LogP contribution < -0.4 is 0 Å². The quantitative estimate of drug-likeness (QED) is 0.300. The number of benzene rings is 3. The van der Waals surface area contributed by atoms with Crippen molar-refractivity contribution in [2.75, 3.05) is 0 Å². The van der Waals surface area contributed by atoms with Crippen molar-refractivity contribution >= 4 is 31.5 Å². The molecule has 0 aliphatic carbocycles. The van der Waals surface area contributed by atoms with Crippen LogP contribution in [0.2, 0.25) is 0 Å². The predicted octanol–water partition coefficient (Wildman–Crippen LogP) is 7.98. The van der Waals surface area contributed by atoms with Gasteiger partial charge in [0, 0.05) is 34.7 Å². The predicted molar refractivity (Wildman–Crippen MR) is 127 cm³/mol. The van der Waals surface area contributed by atoms with Gasteiger partial charge in [-0.3, -0.25) is 4.98 Å². The molecule has 0 saturated carbocycles. The highest BCUT2D eigenvalue weighted by atomic mass is 32.1. The van der Waals surface area contributed by atoms with E-state index < -0.39 is 6.37 Å². The van der Waals surface area contributed by atoms with E-state index in [9.17, 15) is 0 Å². The molecular weight excluding hydrogens is 370 g/mol. The molecule has 142 valence electrons. The highest BCUT2D eigenvalue weighted by Crippen LogP contribution is 2.38. The van der Waals surface area contributed by atoms with E-state index in [0.717, 1.165) is 11.3 Å². The Balaban J connectivity index is 1.64. The van der Waals surface area contributed by atoms with Gasteiger partial charge in [0.2, 0.25) is 0 Å². The number of thiophene rings is 1. The molecule has 0 atom stereocenters. The Labute approximate surface area is 178 Å². The topological polar surface area (TPSA) is 12.9 Å². The summed E-state index contributed by atoms with van der Waals surface area (Å²) in [5.74, 6) is -0.109. The largest absolute Gasteiger partial charge is 0.256 e. The lowest BCUT2D eigenvalue weighted by Gasteiger charge is -2.07. The number of hydrogen-bond acceptors (Lipinski definition) is 2. The summed E-state index contributed by atoms with van der Waals surface area (Å²) in [7, 11) is 0. The van der Waals surface area contributed by atoms with Gasteiger partial charge >= 0.3 is 0 Å². The molecule has 29 heavy (non-hydrogen) atoms. The fourth-order valence-electron chi connectivity index (χ4n) is 3.76. The molecule has 0 bridgehead atoms. The summed E-state index contributed by atoms with van der Waals surface area (Å²) in [6.45, 7) is 3.82. The van der Waals surface area contributed by atoms with Crippen LogP contribution in [0.5, 0.6) is 0 Å². The molecule has 5 rings (SSSR count). The molecule has 0 N–H and O–H groups in total. The van der Waals surface area contributed by atoms with Crippen molar-refractivity contribution in [2.24, 2.45) is 5.92 Å². The SMILES string of the molecule is [2H]C([2H])(c1ccnc(-c2ccc3sc4ccc(-c5ccccc5)cc4c3c2)c1)C(C)C. The van der Waals surface area contributed by atoms with E-state index in [1.54, 1.807) is 23.6 Å². The van der Waals surface area contributed by atoms with Crippen molar-refractivity contribution in [1.29, 1.82) is 0 Å². The second-order valence-electron chi connectivity index (χ2n) is 7.62. The zero-order valence-corrected chi connectivity index (χ0v) is 17.3. The molecule has 5 aromatic rings. The first-order valence-corrected chi connectivity index (χ1v) is 10.7. The van der Waals surface area contributed by atoms with Gasteiger partial charge in [0.25, 0.3) is 0 Å². The maximum absolute atomic E-state index is 8.44. The average molecular weight is 396 g/mol. The van der Waals surface area contributed by atoms with Gasteiger partial charge in [0.05, 0.1) is 5.69 Å². The van der Waals surface area contributed by atoms with Crippen molar-refractivity contribution in [3.05, 3.63) is 90.6 Å². The Bertz CT molecular complexity index is 1390. The fourth-order valence-corrected chi connectivity index (χ4v) is 4.83. The number of fused-ring (bicyclic) bond motifs is 3. The number of hydrogen-bond donors (Lipinski definition) is 0. The van der Waals surface area contributed by atoms with Gasteiger partial charge in [0.15, 0.2) is 0 Å². The molecule has 0 radical (unpaired) electrons. The Hall–Kier alpha value is -2.97. The van der Waals surface area contributed by atoms with Gasteiger partial charge < -0.3 is 0 Å². The number of aromatic nitrogens is 1. The van der Waals surface area contributed by atoms with Crippen LogP contribution in [0.4, 0.5) is 0 Å².